The number of halogens is 1. The average molecular weight is 378 g/mol. The predicted molar refractivity (Wildman–Crippen MR) is 108 cm³/mol. The smallest absolute Gasteiger partial charge is 0.343 e. The Labute approximate surface area is 164 Å². The molecule has 0 saturated carbocycles. The summed E-state index contributed by atoms with van der Waals surface area (Å²) in [4.78, 5) is 12.3. The second-order valence-corrected chi connectivity index (χ2v) is 6.56. The SMILES string of the molecule is CCCCc1ccc(-c2ccc(C(=O)Oc3ccc(OC)cc3)cc2)c(F)c1. The lowest BCUT2D eigenvalue weighted by atomic mass is 10.00. The normalized spacial score (nSPS) is 10.5. The number of methoxy groups -OCH3 is 1. The van der Waals surface area contributed by atoms with Crippen molar-refractivity contribution in [3.63, 3.8) is 0 Å². The molecule has 0 atom stereocenters. The van der Waals surface area contributed by atoms with Crippen LogP contribution in [0.15, 0.2) is 66.7 Å². The van der Waals surface area contributed by atoms with Crippen LogP contribution in [0, 0.1) is 5.82 Å². The highest BCUT2D eigenvalue weighted by molar-refractivity contribution is 5.91. The number of carbonyl (C=O) groups excluding carboxylic acids is 1. The molecule has 144 valence electrons. The zero-order chi connectivity index (χ0) is 19.9. The topological polar surface area (TPSA) is 35.5 Å². The Balaban J connectivity index is 1.71. The summed E-state index contributed by atoms with van der Waals surface area (Å²) in [7, 11) is 1.57. The van der Waals surface area contributed by atoms with Gasteiger partial charge in [-0.2, -0.15) is 0 Å². The molecule has 0 fully saturated rings. The van der Waals surface area contributed by atoms with E-state index in [4.69, 9.17) is 9.47 Å². The first-order valence-electron chi connectivity index (χ1n) is 9.36. The monoisotopic (exact) mass is 378 g/mol. The van der Waals surface area contributed by atoms with Gasteiger partial charge in [0.1, 0.15) is 17.3 Å². The molecule has 0 unspecified atom stereocenters. The van der Waals surface area contributed by atoms with Crippen LogP contribution in [0.4, 0.5) is 4.39 Å². The number of benzene rings is 3. The second-order valence-electron chi connectivity index (χ2n) is 6.56. The fourth-order valence-corrected chi connectivity index (χ4v) is 2.92. The van der Waals surface area contributed by atoms with Crippen LogP contribution in [0.1, 0.15) is 35.7 Å². The van der Waals surface area contributed by atoms with E-state index in [0.717, 1.165) is 30.4 Å². The molecule has 3 nitrogen and oxygen atoms in total. The van der Waals surface area contributed by atoms with E-state index in [0.29, 0.717) is 22.6 Å². The largest absolute Gasteiger partial charge is 0.497 e. The number of ether oxygens (including phenoxy) is 2. The fraction of sp³-hybridized carbons (Fsp3) is 0.208. The molecule has 0 spiro atoms. The summed E-state index contributed by atoms with van der Waals surface area (Å²) in [5.41, 5.74) is 2.65. The minimum Gasteiger partial charge on any atom is -0.497 e. The fourth-order valence-electron chi connectivity index (χ4n) is 2.92. The number of esters is 1. The Bertz CT molecular complexity index is 931. The highest BCUT2D eigenvalue weighted by atomic mass is 19.1. The maximum atomic E-state index is 14.5. The first-order chi connectivity index (χ1) is 13.6. The van der Waals surface area contributed by atoms with Gasteiger partial charge in [-0.25, -0.2) is 9.18 Å². The molecule has 3 rings (SSSR count). The Kier molecular flexibility index (Phi) is 6.43. The molecule has 0 aliphatic carbocycles. The van der Waals surface area contributed by atoms with E-state index in [2.05, 4.69) is 6.92 Å². The van der Waals surface area contributed by atoms with Gasteiger partial charge in [-0.3, -0.25) is 0 Å². The lowest BCUT2D eigenvalue weighted by Crippen LogP contribution is -2.08. The standard InChI is InChI=1S/C24H23FO3/c1-3-4-5-17-6-15-22(23(25)16-17)18-7-9-19(10-8-18)24(26)28-21-13-11-20(27-2)12-14-21/h6-16H,3-5H2,1-2H3. The van der Waals surface area contributed by atoms with Crippen LogP contribution in [0.25, 0.3) is 11.1 Å². The minimum atomic E-state index is -0.466. The molecule has 0 radical (unpaired) electrons. The van der Waals surface area contributed by atoms with E-state index in [1.54, 1.807) is 67.8 Å². The lowest BCUT2D eigenvalue weighted by Gasteiger charge is -2.08. The van der Waals surface area contributed by atoms with Crippen LogP contribution >= 0.6 is 0 Å². The third-order valence-corrected chi connectivity index (χ3v) is 4.55. The molecule has 0 saturated heterocycles. The molecule has 3 aromatic rings. The summed E-state index contributed by atoms with van der Waals surface area (Å²) in [6.07, 6.45) is 3.01. The summed E-state index contributed by atoms with van der Waals surface area (Å²) < 4.78 is 24.9. The van der Waals surface area contributed by atoms with Crippen molar-refractivity contribution in [3.8, 4) is 22.6 Å². The Morgan fingerprint density at radius 2 is 1.61 bits per heavy atom. The molecular weight excluding hydrogens is 355 g/mol. The second kappa shape index (κ2) is 9.18. The molecule has 28 heavy (non-hydrogen) atoms. The molecule has 4 heteroatoms. The maximum Gasteiger partial charge on any atom is 0.343 e. The summed E-state index contributed by atoms with van der Waals surface area (Å²) in [6.45, 7) is 2.12. The maximum absolute atomic E-state index is 14.5. The minimum absolute atomic E-state index is 0.248. The Morgan fingerprint density at radius 1 is 0.929 bits per heavy atom. The Morgan fingerprint density at radius 3 is 2.21 bits per heavy atom. The molecule has 0 amide bonds. The number of hydrogen-bond donors (Lipinski definition) is 0. The van der Waals surface area contributed by atoms with E-state index in [-0.39, 0.29) is 5.82 Å². The van der Waals surface area contributed by atoms with E-state index in [1.165, 1.54) is 0 Å². The molecule has 0 heterocycles. The van der Waals surface area contributed by atoms with Gasteiger partial charge < -0.3 is 9.47 Å². The molecule has 0 N–H and O–H groups in total. The van der Waals surface area contributed by atoms with Gasteiger partial charge >= 0.3 is 5.97 Å². The van der Waals surface area contributed by atoms with Gasteiger partial charge in [0, 0.05) is 5.56 Å². The molecule has 0 aliphatic rings. The summed E-state index contributed by atoms with van der Waals surface area (Å²) in [5, 5.41) is 0. The van der Waals surface area contributed by atoms with Gasteiger partial charge in [0.15, 0.2) is 0 Å². The zero-order valence-electron chi connectivity index (χ0n) is 16.1. The number of aryl methyl sites for hydroxylation is 1. The van der Waals surface area contributed by atoms with Crippen molar-refractivity contribution in [2.45, 2.75) is 26.2 Å². The number of unbranched alkanes of at least 4 members (excludes halogenated alkanes) is 1. The van der Waals surface area contributed by atoms with E-state index >= 15 is 0 Å². The molecule has 3 aromatic carbocycles. The first kappa shape index (κ1) is 19.6. The lowest BCUT2D eigenvalue weighted by molar-refractivity contribution is 0.0734. The van der Waals surface area contributed by atoms with Gasteiger partial charge in [0.05, 0.1) is 12.7 Å². The average Bonchev–Trinajstić information content (AvgIpc) is 2.73. The predicted octanol–water partition coefficient (Wildman–Crippen LogP) is 6.06. The third kappa shape index (κ3) is 4.77. The molecule has 0 aliphatic heterocycles. The van der Waals surface area contributed by atoms with Crippen LogP contribution < -0.4 is 9.47 Å². The van der Waals surface area contributed by atoms with E-state index in [9.17, 15) is 9.18 Å². The van der Waals surface area contributed by atoms with Crippen LogP contribution in [0.3, 0.4) is 0 Å². The van der Waals surface area contributed by atoms with Crippen LogP contribution in [-0.4, -0.2) is 13.1 Å². The molecule has 0 bridgehead atoms. The van der Waals surface area contributed by atoms with Gasteiger partial charge in [-0.15, -0.1) is 0 Å². The first-order valence-corrected chi connectivity index (χ1v) is 9.36. The van der Waals surface area contributed by atoms with Crippen molar-refractivity contribution in [1.82, 2.24) is 0 Å². The van der Waals surface area contributed by atoms with Crippen LogP contribution in [-0.2, 0) is 6.42 Å². The highest BCUT2D eigenvalue weighted by Gasteiger charge is 2.11. The summed E-state index contributed by atoms with van der Waals surface area (Å²) in [6, 6.07) is 18.9. The molecular formula is C24H23FO3. The third-order valence-electron chi connectivity index (χ3n) is 4.55. The van der Waals surface area contributed by atoms with Crippen LogP contribution in [0.2, 0.25) is 0 Å². The van der Waals surface area contributed by atoms with Crippen LogP contribution in [0.5, 0.6) is 11.5 Å². The quantitative estimate of drug-likeness (QED) is 0.370. The number of hydrogen-bond acceptors (Lipinski definition) is 3. The van der Waals surface area contributed by atoms with E-state index in [1.807, 2.05) is 6.07 Å². The van der Waals surface area contributed by atoms with Crippen molar-refractivity contribution < 1.29 is 18.7 Å². The van der Waals surface area contributed by atoms with Crippen molar-refractivity contribution in [3.05, 3.63) is 83.7 Å². The van der Waals surface area contributed by atoms with Crippen molar-refractivity contribution in [2.24, 2.45) is 0 Å². The number of rotatable bonds is 7. The van der Waals surface area contributed by atoms with Gasteiger partial charge in [0.2, 0.25) is 0 Å². The summed E-state index contributed by atoms with van der Waals surface area (Å²) >= 11 is 0. The Hall–Kier alpha value is -3.14. The van der Waals surface area contributed by atoms with Gasteiger partial charge in [-0.05, 0) is 66.4 Å². The van der Waals surface area contributed by atoms with Crippen molar-refractivity contribution in [2.75, 3.05) is 7.11 Å². The highest BCUT2D eigenvalue weighted by Crippen LogP contribution is 2.25. The van der Waals surface area contributed by atoms with E-state index < -0.39 is 5.97 Å². The van der Waals surface area contributed by atoms with Crippen molar-refractivity contribution in [1.29, 1.82) is 0 Å². The molecule has 0 aromatic heterocycles. The number of carbonyl (C=O) groups is 1. The summed E-state index contributed by atoms with van der Waals surface area (Å²) in [5.74, 6) is 0.407. The zero-order valence-corrected chi connectivity index (χ0v) is 16.1. The van der Waals surface area contributed by atoms with Gasteiger partial charge in [-0.1, -0.05) is 37.6 Å². The van der Waals surface area contributed by atoms with Gasteiger partial charge in [0.25, 0.3) is 0 Å². The van der Waals surface area contributed by atoms with Crippen molar-refractivity contribution >= 4 is 5.97 Å².